The number of fused-ring (bicyclic) bond motifs is 3. The molecule has 0 bridgehead atoms. The van der Waals surface area contributed by atoms with E-state index < -0.39 is 11.4 Å². The molecule has 3 aliphatic carbocycles. The second-order valence-electron chi connectivity index (χ2n) is 10.0. The zero-order valence-electron chi connectivity index (χ0n) is 15.3. The molecule has 3 aliphatic heterocycles. The highest BCUT2D eigenvalue weighted by atomic mass is 16.6. The van der Waals surface area contributed by atoms with Crippen LogP contribution < -0.4 is 0 Å². The van der Waals surface area contributed by atoms with Crippen LogP contribution in [0.4, 0.5) is 0 Å². The van der Waals surface area contributed by atoms with Crippen molar-refractivity contribution in [3.05, 3.63) is 0 Å². The lowest BCUT2D eigenvalue weighted by Gasteiger charge is -2.43. The van der Waals surface area contributed by atoms with Crippen LogP contribution in [-0.2, 0) is 19.0 Å². The van der Waals surface area contributed by atoms with Crippen molar-refractivity contribution in [3.8, 4) is 0 Å². The third-order valence-electron chi connectivity index (χ3n) is 8.47. The van der Waals surface area contributed by atoms with Crippen molar-refractivity contribution < 1.29 is 24.1 Å². The molecule has 0 radical (unpaired) electrons. The standard InChI is InChI=1S/C21H30O5/c22-20(23)21(9-12-2-4-15-17(7-12)25-15)10-19-18(26-19)8-13(21)5-11-1-3-14-16(6-11)24-14/h11-19H,1-10H2,(H,22,23). The lowest BCUT2D eigenvalue weighted by molar-refractivity contribution is -0.157. The molecule has 1 N–H and O–H groups in total. The molecular weight excluding hydrogens is 332 g/mol. The highest BCUT2D eigenvalue weighted by Crippen LogP contribution is 2.57. The Labute approximate surface area is 154 Å². The Morgan fingerprint density at radius 1 is 0.808 bits per heavy atom. The monoisotopic (exact) mass is 362 g/mol. The van der Waals surface area contributed by atoms with Crippen LogP contribution in [0.15, 0.2) is 0 Å². The van der Waals surface area contributed by atoms with Crippen LogP contribution in [0.2, 0.25) is 0 Å². The van der Waals surface area contributed by atoms with E-state index in [1.165, 1.54) is 12.8 Å². The van der Waals surface area contributed by atoms with E-state index >= 15 is 0 Å². The fourth-order valence-electron chi connectivity index (χ4n) is 6.81. The summed E-state index contributed by atoms with van der Waals surface area (Å²) >= 11 is 0. The van der Waals surface area contributed by atoms with Crippen LogP contribution >= 0.6 is 0 Å². The normalized spacial score (nSPS) is 56.7. The van der Waals surface area contributed by atoms with Gasteiger partial charge in [0.15, 0.2) is 0 Å². The van der Waals surface area contributed by atoms with Crippen LogP contribution in [-0.4, -0.2) is 47.7 Å². The molecule has 6 fully saturated rings. The Morgan fingerprint density at radius 3 is 2.12 bits per heavy atom. The van der Waals surface area contributed by atoms with E-state index in [-0.39, 0.29) is 12.0 Å². The molecule has 3 saturated heterocycles. The van der Waals surface area contributed by atoms with Gasteiger partial charge < -0.3 is 19.3 Å². The third kappa shape index (κ3) is 2.73. The van der Waals surface area contributed by atoms with Crippen molar-refractivity contribution in [3.63, 3.8) is 0 Å². The first-order valence-corrected chi connectivity index (χ1v) is 10.8. The van der Waals surface area contributed by atoms with Crippen molar-refractivity contribution in [1.29, 1.82) is 0 Å². The van der Waals surface area contributed by atoms with Crippen LogP contribution in [0.25, 0.3) is 0 Å². The number of aliphatic carboxylic acids is 1. The maximum atomic E-state index is 12.6. The number of hydrogen-bond donors (Lipinski definition) is 1. The van der Waals surface area contributed by atoms with E-state index in [9.17, 15) is 9.90 Å². The van der Waals surface area contributed by atoms with E-state index in [1.54, 1.807) is 0 Å². The van der Waals surface area contributed by atoms with Crippen molar-refractivity contribution in [2.75, 3.05) is 0 Å². The van der Waals surface area contributed by atoms with Crippen LogP contribution in [0.3, 0.4) is 0 Å². The predicted molar refractivity (Wildman–Crippen MR) is 92.7 cm³/mol. The first kappa shape index (κ1) is 16.3. The molecule has 10 unspecified atom stereocenters. The van der Waals surface area contributed by atoms with Gasteiger partial charge in [0.1, 0.15) is 0 Å². The number of epoxide rings is 3. The predicted octanol–water partition coefficient (Wildman–Crippen LogP) is 3.15. The van der Waals surface area contributed by atoms with Gasteiger partial charge in [-0.15, -0.1) is 0 Å². The van der Waals surface area contributed by atoms with E-state index in [2.05, 4.69) is 0 Å². The van der Waals surface area contributed by atoms with E-state index in [0.717, 1.165) is 51.4 Å². The second kappa shape index (κ2) is 5.68. The maximum absolute atomic E-state index is 12.6. The van der Waals surface area contributed by atoms with Gasteiger partial charge in [-0.05, 0) is 82.0 Å². The van der Waals surface area contributed by atoms with Crippen molar-refractivity contribution >= 4 is 5.97 Å². The fourth-order valence-corrected chi connectivity index (χ4v) is 6.81. The van der Waals surface area contributed by atoms with Crippen LogP contribution in [0, 0.1) is 23.2 Å². The van der Waals surface area contributed by atoms with Gasteiger partial charge in [0.25, 0.3) is 0 Å². The molecular formula is C21H30O5. The number of hydrogen-bond acceptors (Lipinski definition) is 4. The molecule has 0 amide bonds. The fraction of sp³-hybridized carbons (Fsp3) is 0.952. The second-order valence-corrected chi connectivity index (χ2v) is 10.0. The Balaban J connectivity index is 1.21. The highest BCUT2D eigenvalue weighted by Gasteiger charge is 2.60. The number of carboxylic acid groups (broad SMARTS) is 1. The minimum Gasteiger partial charge on any atom is -0.481 e. The highest BCUT2D eigenvalue weighted by molar-refractivity contribution is 5.75. The molecule has 26 heavy (non-hydrogen) atoms. The molecule has 0 aromatic rings. The molecule has 144 valence electrons. The lowest BCUT2D eigenvalue weighted by atomic mass is 9.58. The quantitative estimate of drug-likeness (QED) is 0.761. The minimum absolute atomic E-state index is 0.207. The third-order valence-corrected chi connectivity index (χ3v) is 8.47. The van der Waals surface area contributed by atoms with Crippen molar-refractivity contribution in [1.82, 2.24) is 0 Å². The smallest absolute Gasteiger partial charge is 0.310 e. The molecule has 0 spiro atoms. The zero-order valence-corrected chi connectivity index (χ0v) is 15.3. The molecule has 5 heteroatoms. The van der Waals surface area contributed by atoms with Crippen LogP contribution in [0.5, 0.6) is 0 Å². The summed E-state index contributed by atoms with van der Waals surface area (Å²) in [5.41, 5.74) is -0.578. The molecule has 6 aliphatic rings. The zero-order chi connectivity index (χ0) is 17.5. The van der Waals surface area contributed by atoms with E-state index in [1.807, 2.05) is 0 Å². The number of ether oxygens (including phenoxy) is 3. The molecule has 10 atom stereocenters. The Kier molecular flexibility index (Phi) is 3.56. The van der Waals surface area contributed by atoms with Crippen LogP contribution in [0.1, 0.15) is 64.2 Å². The molecule has 6 rings (SSSR count). The Morgan fingerprint density at radius 2 is 1.42 bits per heavy atom. The molecule has 0 aromatic carbocycles. The van der Waals surface area contributed by atoms with Gasteiger partial charge in [-0.1, -0.05) is 0 Å². The van der Waals surface area contributed by atoms with Crippen molar-refractivity contribution in [2.24, 2.45) is 23.2 Å². The van der Waals surface area contributed by atoms with Gasteiger partial charge in [0.2, 0.25) is 0 Å². The summed E-state index contributed by atoms with van der Waals surface area (Å²) in [5.74, 6) is 0.851. The summed E-state index contributed by atoms with van der Waals surface area (Å²) in [7, 11) is 0. The van der Waals surface area contributed by atoms with Gasteiger partial charge >= 0.3 is 5.97 Å². The summed E-state index contributed by atoms with van der Waals surface area (Å²) in [6.45, 7) is 0. The summed E-state index contributed by atoms with van der Waals surface area (Å²) in [4.78, 5) is 12.6. The number of carbonyl (C=O) groups is 1. The van der Waals surface area contributed by atoms with Gasteiger partial charge in [0, 0.05) is 0 Å². The number of rotatable bonds is 5. The van der Waals surface area contributed by atoms with Gasteiger partial charge in [-0.3, -0.25) is 4.79 Å². The molecule has 5 nitrogen and oxygen atoms in total. The van der Waals surface area contributed by atoms with E-state index in [0.29, 0.717) is 42.4 Å². The summed E-state index contributed by atoms with van der Waals surface area (Å²) in [6, 6.07) is 0. The number of carboxylic acids is 1. The first-order chi connectivity index (χ1) is 12.6. The van der Waals surface area contributed by atoms with Crippen molar-refractivity contribution in [2.45, 2.75) is 101 Å². The Bertz CT molecular complexity index is 607. The SMILES string of the molecule is O=C(O)C1(CC2CCC3OC3C2)CC2OC2CC1CC1CCC2OC2C1. The Hall–Kier alpha value is -0.650. The minimum atomic E-state index is -0.578. The molecule has 0 aromatic heterocycles. The van der Waals surface area contributed by atoms with E-state index in [4.69, 9.17) is 14.2 Å². The lowest BCUT2D eigenvalue weighted by Crippen LogP contribution is -2.46. The maximum Gasteiger partial charge on any atom is 0.310 e. The average molecular weight is 362 g/mol. The molecule has 3 heterocycles. The summed E-state index contributed by atoms with van der Waals surface area (Å²) in [6.07, 6.45) is 12.9. The van der Waals surface area contributed by atoms with Gasteiger partial charge in [0.05, 0.1) is 42.0 Å². The first-order valence-electron chi connectivity index (χ1n) is 10.8. The average Bonchev–Trinajstić information content (AvgIpc) is 3.48. The molecule has 3 saturated carbocycles. The summed E-state index contributed by atoms with van der Waals surface area (Å²) in [5, 5.41) is 10.4. The summed E-state index contributed by atoms with van der Waals surface area (Å²) < 4.78 is 17.2. The topological polar surface area (TPSA) is 74.9 Å². The van der Waals surface area contributed by atoms with Gasteiger partial charge in [-0.25, -0.2) is 0 Å². The largest absolute Gasteiger partial charge is 0.481 e. The van der Waals surface area contributed by atoms with Gasteiger partial charge in [-0.2, -0.15) is 0 Å².